The van der Waals surface area contributed by atoms with Gasteiger partial charge in [-0.05, 0) is 36.8 Å². The molecule has 0 saturated carbocycles. The molecule has 0 amide bonds. The fourth-order valence-electron chi connectivity index (χ4n) is 1.67. The molecule has 0 aliphatic carbocycles. The van der Waals surface area contributed by atoms with Crippen LogP contribution in [0.1, 0.15) is 22.8 Å². The summed E-state index contributed by atoms with van der Waals surface area (Å²) in [5.74, 6) is 0.176. The van der Waals surface area contributed by atoms with Gasteiger partial charge >= 0.3 is 0 Å². The minimum atomic E-state index is -0.295. The molecule has 0 spiro atoms. The van der Waals surface area contributed by atoms with E-state index < -0.39 is 0 Å². The van der Waals surface area contributed by atoms with E-state index in [-0.39, 0.29) is 18.2 Å². The molecule has 0 aliphatic rings. The van der Waals surface area contributed by atoms with Gasteiger partial charge in [-0.25, -0.2) is 4.39 Å². The minimum absolute atomic E-state index is 0.0511. The predicted octanol–water partition coefficient (Wildman–Crippen LogP) is 3.61. The number of ketones is 1. The Morgan fingerprint density at radius 3 is 2.67 bits per heavy atom. The summed E-state index contributed by atoms with van der Waals surface area (Å²) in [7, 11) is 0. The standard InChI is InChI=1S/C15H13FO2/c1-11(17)14-7-2-3-8-15(14)18-10-12-5-4-6-13(16)9-12/h2-9H,10H2,1H3. The number of para-hydroxylation sites is 1. The maximum absolute atomic E-state index is 13.0. The summed E-state index contributed by atoms with van der Waals surface area (Å²) in [5, 5.41) is 0. The van der Waals surface area contributed by atoms with E-state index in [4.69, 9.17) is 4.74 Å². The van der Waals surface area contributed by atoms with Crippen molar-refractivity contribution in [1.82, 2.24) is 0 Å². The largest absolute Gasteiger partial charge is 0.488 e. The molecule has 0 N–H and O–H groups in total. The second-order valence-corrected chi connectivity index (χ2v) is 3.97. The van der Waals surface area contributed by atoms with Gasteiger partial charge in [0.05, 0.1) is 5.56 Å². The van der Waals surface area contributed by atoms with Crippen molar-refractivity contribution in [2.24, 2.45) is 0 Å². The van der Waals surface area contributed by atoms with Crippen LogP contribution in [0.3, 0.4) is 0 Å². The van der Waals surface area contributed by atoms with Gasteiger partial charge in [-0.2, -0.15) is 0 Å². The molecule has 0 fully saturated rings. The Bertz CT molecular complexity index is 564. The highest BCUT2D eigenvalue weighted by molar-refractivity contribution is 5.96. The maximum Gasteiger partial charge on any atom is 0.163 e. The lowest BCUT2D eigenvalue weighted by Crippen LogP contribution is -2.01. The first-order chi connectivity index (χ1) is 8.66. The van der Waals surface area contributed by atoms with Gasteiger partial charge in [0.2, 0.25) is 0 Å². The molecule has 2 aromatic rings. The first-order valence-electron chi connectivity index (χ1n) is 5.64. The highest BCUT2D eigenvalue weighted by atomic mass is 19.1. The third-order valence-electron chi connectivity index (χ3n) is 2.55. The summed E-state index contributed by atoms with van der Waals surface area (Å²) in [6, 6.07) is 13.2. The van der Waals surface area contributed by atoms with Gasteiger partial charge in [0.15, 0.2) is 5.78 Å². The van der Waals surface area contributed by atoms with Gasteiger partial charge in [0.25, 0.3) is 0 Å². The summed E-state index contributed by atoms with van der Waals surface area (Å²) >= 11 is 0. The number of carbonyl (C=O) groups is 1. The summed E-state index contributed by atoms with van der Waals surface area (Å²) < 4.78 is 18.5. The Balaban J connectivity index is 2.13. The summed E-state index contributed by atoms with van der Waals surface area (Å²) in [6.07, 6.45) is 0. The van der Waals surface area contributed by atoms with E-state index in [1.165, 1.54) is 19.1 Å². The smallest absolute Gasteiger partial charge is 0.163 e. The number of ether oxygens (including phenoxy) is 1. The number of Topliss-reactive ketones (excluding diaryl/α,β-unsaturated/α-hetero) is 1. The van der Waals surface area contributed by atoms with Crippen LogP contribution in [-0.2, 0) is 6.61 Å². The van der Waals surface area contributed by atoms with Crippen molar-refractivity contribution in [3.8, 4) is 5.75 Å². The highest BCUT2D eigenvalue weighted by Crippen LogP contribution is 2.19. The van der Waals surface area contributed by atoms with Crippen molar-refractivity contribution in [2.45, 2.75) is 13.5 Å². The number of rotatable bonds is 4. The molecule has 0 atom stereocenters. The molecule has 2 nitrogen and oxygen atoms in total. The third-order valence-corrected chi connectivity index (χ3v) is 2.55. The Morgan fingerprint density at radius 2 is 1.94 bits per heavy atom. The lowest BCUT2D eigenvalue weighted by atomic mass is 10.1. The second kappa shape index (κ2) is 5.45. The summed E-state index contributed by atoms with van der Waals surface area (Å²) in [4.78, 5) is 11.4. The van der Waals surface area contributed by atoms with Crippen molar-refractivity contribution in [3.05, 3.63) is 65.5 Å². The molecule has 0 heterocycles. The maximum atomic E-state index is 13.0. The van der Waals surface area contributed by atoms with Crippen LogP contribution in [0.25, 0.3) is 0 Å². The minimum Gasteiger partial charge on any atom is -0.488 e. The monoisotopic (exact) mass is 244 g/mol. The molecule has 2 aromatic carbocycles. The molecular formula is C15H13FO2. The van der Waals surface area contributed by atoms with E-state index in [0.29, 0.717) is 11.3 Å². The van der Waals surface area contributed by atoms with Crippen molar-refractivity contribution in [3.63, 3.8) is 0 Å². The van der Waals surface area contributed by atoms with Gasteiger partial charge in [-0.3, -0.25) is 4.79 Å². The molecule has 0 saturated heterocycles. The summed E-state index contributed by atoms with van der Waals surface area (Å²) in [5.41, 5.74) is 1.27. The number of hydrogen-bond acceptors (Lipinski definition) is 2. The number of hydrogen-bond donors (Lipinski definition) is 0. The topological polar surface area (TPSA) is 26.3 Å². The Labute approximate surface area is 105 Å². The van der Waals surface area contributed by atoms with E-state index >= 15 is 0 Å². The van der Waals surface area contributed by atoms with Crippen molar-refractivity contribution in [2.75, 3.05) is 0 Å². The van der Waals surface area contributed by atoms with Crippen molar-refractivity contribution < 1.29 is 13.9 Å². The highest BCUT2D eigenvalue weighted by Gasteiger charge is 2.07. The van der Waals surface area contributed by atoms with Crippen LogP contribution >= 0.6 is 0 Å². The lowest BCUT2D eigenvalue weighted by Gasteiger charge is -2.09. The molecular weight excluding hydrogens is 231 g/mol. The first-order valence-corrected chi connectivity index (χ1v) is 5.64. The number of halogens is 1. The van der Waals surface area contributed by atoms with E-state index in [1.807, 2.05) is 0 Å². The molecule has 0 bridgehead atoms. The zero-order chi connectivity index (χ0) is 13.0. The van der Waals surface area contributed by atoms with E-state index in [2.05, 4.69) is 0 Å². The van der Waals surface area contributed by atoms with Gasteiger partial charge in [0, 0.05) is 0 Å². The third kappa shape index (κ3) is 2.94. The van der Waals surface area contributed by atoms with Crippen molar-refractivity contribution >= 4 is 5.78 Å². The Hall–Kier alpha value is -2.16. The van der Waals surface area contributed by atoms with Gasteiger partial charge in [-0.15, -0.1) is 0 Å². The Morgan fingerprint density at radius 1 is 1.17 bits per heavy atom. The lowest BCUT2D eigenvalue weighted by molar-refractivity contribution is 0.101. The summed E-state index contributed by atoms with van der Waals surface area (Å²) in [6.45, 7) is 1.73. The zero-order valence-corrected chi connectivity index (χ0v) is 10.0. The molecule has 0 unspecified atom stereocenters. The Kier molecular flexibility index (Phi) is 3.72. The van der Waals surface area contributed by atoms with E-state index in [9.17, 15) is 9.18 Å². The van der Waals surface area contributed by atoms with Crippen molar-refractivity contribution in [1.29, 1.82) is 0 Å². The predicted molar refractivity (Wildman–Crippen MR) is 67.2 cm³/mol. The van der Waals surface area contributed by atoms with Crippen LogP contribution in [0.5, 0.6) is 5.75 Å². The number of benzene rings is 2. The molecule has 3 heteroatoms. The van der Waals surface area contributed by atoms with Gasteiger partial charge in [0.1, 0.15) is 18.2 Å². The average Bonchev–Trinajstić information content (AvgIpc) is 2.37. The van der Waals surface area contributed by atoms with E-state index in [0.717, 1.165) is 5.56 Å². The fourth-order valence-corrected chi connectivity index (χ4v) is 1.67. The molecule has 2 rings (SSSR count). The second-order valence-electron chi connectivity index (χ2n) is 3.97. The molecule has 0 radical (unpaired) electrons. The van der Waals surface area contributed by atoms with Crippen LogP contribution in [0.2, 0.25) is 0 Å². The van der Waals surface area contributed by atoms with Crippen LogP contribution in [0.4, 0.5) is 4.39 Å². The van der Waals surface area contributed by atoms with Crippen LogP contribution in [0, 0.1) is 5.82 Å². The van der Waals surface area contributed by atoms with Crippen LogP contribution in [0.15, 0.2) is 48.5 Å². The first kappa shape index (κ1) is 12.3. The molecule has 0 aromatic heterocycles. The molecule has 18 heavy (non-hydrogen) atoms. The number of carbonyl (C=O) groups excluding carboxylic acids is 1. The van der Waals surface area contributed by atoms with Gasteiger partial charge in [-0.1, -0.05) is 24.3 Å². The SMILES string of the molecule is CC(=O)c1ccccc1OCc1cccc(F)c1. The molecule has 92 valence electrons. The average molecular weight is 244 g/mol. The van der Waals surface area contributed by atoms with E-state index in [1.54, 1.807) is 36.4 Å². The van der Waals surface area contributed by atoms with Crippen LogP contribution in [-0.4, -0.2) is 5.78 Å². The van der Waals surface area contributed by atoms with Gasteiger partial charge < -0.3 is 4.74 Å². The van der Waals surface area contributed by atoms with Crippen LogP contribution < -0.4 is 4.74 Å². The fraction of sp³-hybridized carbons (Fsp3) is 0.133. The quantitative estimate of drug-likeness (QED) is 0.768. The zero-order valence-electron chi connectivity index (χ0n) is 10.0. The molecule has 0 aliphatic heterocycles. The normalized spacial score (nSPS) is 10.1.